The Bertz CT molecular complexity index is 858. The number of carbonyl (C=O) groups is 2. The van der Waals surface area contributed by atoms with Crippen molar-refractivity contribution >= 4 is 29.3 Å². The summed E-state index contributed by atoms with van der Waals surface area (Å²) < 4.78 is 4.86. The van der Waals surface area contributed by atoms with Crippen molar-refractivity contribution < 1.29 is 24.4 Å². The summed E-state index contributed by atoms with van der Waals surface area (Å²) in [5.74, 6) is -1.42. The molecular formula is C18H15N2O6-. The van der Waals surface area contributed by atoms with Crippen molar-refractivity contribution in [3.05, 3.63) is 69.8 Å². The van der Waals surface area contributed by atoms with E-state index in [4.69, 9.17) is 4.74 Å². The molecule has 8 nitrogen and oxygen atoms in total. The van der Waals surface area contributed by atoms with E-state index in [0.717, 1.165) is 24.3 Å². The summed E-state index contributed by atoms with van der Waals surface area (Å²) in [6.45, 7) is 1.97. The van der Waals surface area contributed by atoms with E-state index in [-0.39, 0.29) is 17.9 Å². The molecule has 2 aromatic rings. The predicted molar refractivity (Wildman–Crippen MR) is 92.6 cm³/mol. The maximum Gasteiger partial charge on any atom is 0.338 e. The summed E-state index contributed by atoms with van der Waals surface area (Å²) in [4.78, 5) is 33.6. The number of nitrogens with one attached hydrogen (secondary N) is 1. The standard InChI is InChI=1S/C18H16N2O6/c1-2-26-18(23)12-3-6-14(7-4-12)19-17(22)10-5-13-11-15(20(24)25)8-9-16(13)21/h3-11,21H,2H2,1H3,(H,19,22)/p-1/b10-5+. The molecule has 0 heterocycles. The smallest absolute Gasteiger partial charge is 0.338 e. The molecule has 0 aliphatic rings. The lowest BCUT2D eigenvalue weighted by Gasteiger charge is -2.09. The Kier molecular flexibility index (Phi) is 6.05. The Morgan fingerprint density at radius 1 is 1.19 bits per heavy atom. The van der Waals surface area contributed by atoms with Crippen molar-refractivity contribution in [2.45, 2.75) is 6.92 Å². The van der Waals surface area contributed by atoms with Gasteiger partial charge in [0, 0.05) is 23.9 Å². The van der Waals surface area contributed by atoms with Crippen LogP contribution in [0.15, 0.2) is 48.5 Å². The first kappa shape index (κ1) is 18.7. The van der Waals surface area contributed by atoms with Gasteiger partial charge in [-0.2, -0.15) is 0 Å². The summed E-state index contributed by atoms with van der Waals surface area (Å²) in [6, 6.07) is 9.35. The van der Waals surface area contributed by atoms with E-state index in [9.17, 15) is 24.8 Å². The number of anilines is 1. The number of rotatable bonds is 6. The zero-order valence-corrected chi connectivity index (χ0v) is 13.8. The molecule has 26 heavy (non-hydrogen) atoms. The number of benzene rings is 2. The van der Waals surface area contributed by atoms with Gasteiger partial charge in [-0.25, -0.2) is 4.79 Å². The SMILES string of the molecule is CCOC(=O)c1ccc(NC(=O)/C=C/c2cc([N+](=O)[O-])ccc2[O-])cc1. The average molecular weight is 355 g/mol. The van der Waals surface area contributed by atoms with Gasteiger partial charge in [-0.3, -0.25) is 14.9 Å². The topological polar surface area (TPSA) is 122 Å². The minimum Gasteiger partial charge on any atom is -0.872 e. The Balaban J connectivity index is 2.04. The zero-order valence-electron chi connectivity index (χ0n) is 13.8. The molecule has 0 saturated heterocycles. The summed E-state index contributed by atoms with van der Waals surface area (Å²) in [7, 11) is 0. The molecule has 0 bridgehead atoms. The molecule has 1 N–H and O–H groups in total. The van der Waals surface area contributed by atoms with Gasteiger partial charge < -0.3 is 15.2 Å². The molecule has 0 aliphatic carbocycles. The number of hydrogen-bond acceptors (Lipinski definition) is 6. The van der Waals surface area contributed by atoms with Crippen molar-refractivity contribution in [3.8, 4) is 5.75 Å². The number of hydrogen-bond donors (Lipinski definition) is 1. The van der Waals surface area contributed by atoms with Gasteiger partial charge in [0.15, 0.2) is 0 Å². The van der Waals surface area contributed by atoms with E-state index in [1.54, 1.807) is 6.92 Å². The molecule has 0 radical (unpaired) electrons. The lowest BCUT2D eigenvalue weighted by atomic mass is 10.1. The van der Waals surface area contributed by atoms with Crippen molar-refractivity contribution in [2.24, 2.45) is 0 Å². The second-order valence-electron chi connectivity index (χ2n) is 5.10. The molecule has 1 amide bonds. The molecule has 0 unspecified atom stereocenters. The van der Waals surface area contributed by atoms with Crippen LogP contribution in [-0.2, 0) is 9.53 Å². The number of ether oxygens (including phenoxy) is 1. The van der Waals surface area contributed by atoms with Gasteiger partial charge >= 0.3 is 5.97 Å². The fourth-order valence-corrected chi connectivity index (χ4v) is 2.03. The molecule has 0 fully saturated rings. The fraction of sp³-hybridized carbons (Fsp3) is 0.111. The zero-order chi connectivity index (χ0) is 19.1. The Labute approximate surface area is 148 Å². The number of nitro groups is 1. The highest BCUT2D eigenvalue weighted by atomic mass is 16.6. The molecule has 0 aliphatic heterocycles. The van der Waals surface area contributed by atoms with Crippen LogP contribution in [0, 0.1) is 10.1 Å². The van der Waals surface area contributed by atoms with Crippen molar-refractivity contribution in [1.82, 2.24) is 0 Å². The molecule has 2 rings (SSSR count). The number of esters is 1. The fourth-order valence-electron chi connectivity index (χ4n) is 2.03. The Morgan fingerprint density at radius 2 is 1.88 bits per heavy atom. The Hall–Kier alpha value is -3.68. The number of amides is 1. The molecule has 8 heteroatoms. The van der Waals surface area contributed by atoms with Crippen LogP contribution in [0.1, 0.15) is 22.8 Å². The minimum atomic E-state index is -0.623. The number of nitro benzene ring substituents is 1. The van der Waals surface area contributed by atoms with Crippen molar-refractivity contribution in [3.63, 3.8) is 0 Å². The summed E-state index contributed by atoms with van der Waals surface area (Å²) in [5, 5.41) is 25.0. The van der Waals surface area contributed by atoms with E-state index < -0.39 is 22.5 Å². The van der Waals surface area contributed by atoms with Crippen LogP contribution in [-0.4, -0.2) is 23.4 Å². The second-order valence-corrected chi connectivity index (χ2v) is 5.10. The quantitative estimate of drug-likeness (QED) is 0.368. The molecule has 0 spiro atoms. The third kappa shape index (κ3) is 4.91. The lowest BCUT2D eigenvalue weighted by molar-refractivity contribution is -0.385. The van der Waals surface area contributed by atoms with Gasteiger partial charge in [0.2, 0.25) is 5.91 Å². The van der Waals surface area contributed by atoms with Gasteiger partial charge in [0.25, 0.3) is 5.69 Å². The van der Waals surface area contributed by atoms with Gasteiger partial charge in [-0.05, 0) is 42.8 Å². The predicted octanol–water partition coefficient (Wildman–Crippen LogP) is 2.50. The van der Waals surface area contributed by atoms with E-state index in [0.29, 0.717) is 11.3 Å². The molecule has 0 atom stereocenters. The van der Waals surface area contributed by atoms with Gasteiger partial charge in [-0.1, -0.05) is 6.07 Å². The third-order valence-electron chi connectivity index (χ3n) is 3.28. The highest BCUT2D eigenvalue weighted by Gasteiger charge is 2.07. The molecule has 0 aromatic heterocycles. The summed E-state index contributed by atoms with van der Waals surface area (Å²) in [6.07, 6.45) is 2.30. The van der Waals surface area contributed by atoms with Crippen LogP contribution in [0.2, 0.25) is 0 Å². The van der Waals surface area contributed by atoms with E-state index in [1.807, 2.05) is 0 Å². The van der Waals surface area contributed by atoms with Crippen molar-refractivity contribution in [1.29, 1.82) is 0 Å². The van der Waals surface area contributed by atoms with Crippen LogP contribution in [0.25, 0.3) is 6.08 Å². The van der Waals surface area contributed by atoms with E-state index in [2.05, 4.69) is 5.32 Å². The minimum absolute atomic E-state index is 0.0343. The molecular weight excluding hydrogens is 340 g/mol. The van der Waals surface area contributed by atoms with Crippen LogP contribution >= 0.6 is 0 Å². The largest absolute Gasteiger partial charge is 0.872 e. The summed E-state index contributed by atoms with van der Waals surface area (Å²) >= 11 is 0. The van der Waals surface area contributed by atoms with Crippen LogP contribution < -0.4 is 10.4 Å². The van der Waals surface area contributed by atoms with Gasteiger partial charge in [0.1, 0.15) is 0 Å². The van der Waals surface area contributed by atoms with E-state index >= 15 is 0 Å². The maximum atomic E-state index is 11.9. The van der Waals surface area contributed by atoms with Crippen LogP contribution in [0.5, 0.6) is 5.75 Å². The van der Waals surface area contributed by atoms with Crippen LogP contribution in [0.3, 0.4) is 0 Å². The number of carbonyl (C=O) groups excluding carboxylic acids is 2. The first-order valence-corrected chi connectivity index (χ1v) is 7.62. The number of non-ortho nitro benzene ring substituents is 1. The van der Waals surface area contributed by atoms with E-state index in [1.165, 1.54) is 30.3 Å². The molecule has 134 valence electrons. The highest BCUT2D eigenvalue weighted by molar-refractivity contribution is 6.02. The monoisotopic (exact) mass is 355 g/mol. The third-order valence-corrected chi connectivity index (χ3v) is 3.28. The Morgan fingerprint density at radius 3 is 2.50 bits per heavy atom. The first-order valence-electron chi connectivity index (χ1n) is 7.62. The van der Waals surface area contributed by atoms with Gasteiger partial charge in [0.05, 0.1) is 17.1 Å². The first-order chi connectivity index (χ1) is 12.4. The average Bonchev–Trinajstić information content (AvgIpc) is 2.61. The second kappa shape index (κ2) is 8.43. The van der Waals surface area contributed by atoms with Gasteiger partial charge in [-0.15, -0.1) is 5.75 Å². The highest BCUT2D eigenvalue weighted by Crippen LogP contribution is 2.22. The summed E-state index contributed by atoms with van der Waals surface area (Å²) in [5.41, 5.74) is 0.591. The van der Waals surface area contributed by atoms with Crippen molar-refractivity contribution in [2.75, 3.05) is 11.9 Å². The lowest BCUT2D eigenvalue weighted by Crippen LogP contribution is -2.09. The normalized spacial score (nSPS) is 10.5. The van der Waals surface area contributed by atoms with Crippen LogP contribution in [0.4, 0.5) is 11.4 Å². The molecule has 2 aromatic carbocycles. The number of nitrogens with zero attached hydrogens (tertiary/aromatic N) is 1. The molecule has 0 saturated carbocycles. The maximum absolute atomic E-state index is 11.9.